The van der Waals surface area contributed by atoms with Crippen molar-refractivity contribution >= 4 is 11.7 Å². The van der Waals surface area contributed by atoms with Crippen molar-refractivity contribution in [1.29, 1.82) is 0 Å². The van der Waals surface area contributed by atoms with Gasteiger partial charge in [0.1, 0.15) is 6.61 Å². The molecule has 0 saturated heterocycles. The standard InChI is InChI=1S/C19H21NO5/c1-4-16(20-22)15-9-10-17(18(11-15)23-2)25-12-13-5-7-14(8-6-13)19(21)24-3/h5-11,22H,4,12H2,1-3H3/b20-16-. The summed E-state index contributed by atoms with van der Waals surface area (Å²) in [5, 5.41) is 12.3. The summed E-state index contributed by atoms with van der Waals surface area (Å²) in [4.78, 5) is 11.4. The van der Waals surface area contributed by atoms with E-state index in [1.807, 2.05) is 13.0 Å². The second-order valence-corrected chi connectivity index (χ2v) is 5.24. The Morgan fingerprint density at radius 1 is 1.04 bits per heavy atom. The van der Waals surface area contributed by atoms with Crippen LogP contribution in [-0.4, -0.2) is 31.1 Å². The van der Waals surface area contributed by atoms with Gasteiger partial charge in [-0.25, -0.2) is 4.79 Å². The van der Waals surface area contributed by atoms with Gasteiger partial charge in [0.05, 0.1) is 25.5 Å². The maximum Gasteiger partial charge on any atom is 0.337 e. The van der Waals surface area contributed by atoms with Crippen molar-refractivity contribution in [3.05, 3.63) is 59.2 Å². The number of benzene rings is 2. The quantitative estimate of drug-likeness (QED) is 0.359. The van der Waals surface area contributed by atoms with E-state index in [1.54, 1.807) is 43.5 Å². The summed E-state index contributed by atoms with van der Waals surface area (Å²) in [6, 6.07) is 12.4. The van der Waals surface area contributed by atoms with Crippen LogP contribution in [0.4, 0.5) is 0 Å². The Balaban J connectivity index is 2.11. The van der Waals surface area contributed by atoms with Crippen LogP contribution in [0.3, 0.4) is 0 Å². The summed E-state index contributed by atoms with van der Waals surface area (Å²) in [5.41, 5.74) is 2.74. The molecule has 0 radical (unpaired) electrons. The van der Waals surface area contributed by atoms with Gasteiger partial charge in [-0.3, -0.25) is 0 Å². The van der Waals surface area contributed by atoms with Crippen molar-refractivity contribution in [2.45, 2.75) is 20.0 Å². The molecule has 0 aliphatic carbocycles. The maximum atomic E-state index is 11.4. The molecule has 0 heterocycles. The number of carbonyl (C=O) groups is 1. The fraction of sp³-hybridized carbons (Fsp3) is 0.263. The molecule has 1 N–H and O–H groups in total. The van der Waals surface area contributed by atoms with Gasteiger partial charge in [-0.2, -0.15) is 0 Å². The summed E-state index contributed by atoms with van der Waals surface area (Å²) >= 11 is 0. The van der Waals surface area contributed by atoms with Gasteiger partial charge < -0.3 is 19.4 Å². The SMILES string of the molecule is CC/C(=N/O)c1ccc(OCc2ccc(C(=O)OC)cc2)c(OC)c1. The highest BCUT2D eigenvalue weighted by Gasteiger charge is 2.10. The summed E-state index contributed by atoms with van der Waals surface area (Å²) in [5.74, 6) is 0.761. The number of rotatable bonds is 7. The third-order valence-electron chi connectivity index (χ3n) is 3.72. The van der Waals surface area contributed by atoms with E-state index in [9.17, 15) is 4.79 Å². The molecule has 2 aromatic carbocycles. The summed E-state index contributed by atoms with van der Waals surface area (Å²) in [6.45, 7) is 2.23. The van der Waals surface area contributed by atoms with E-state index in [-0.39, 0.29) is 5.97 Å². The zero-order chi connectivity index (χ0) is 18.2. The van der Waals surface area contributed by atoms with Crippen LogP contribution >= 0.6 is 0 Å². The normalized spacial score (nSPS) is 11.1. The molecule has 0 aliphatic rings. The minimum absolute atomic E-state index is 0.325. The van der Waals surface area contributed by atoms with E-state index in [1.165, 1.54) is 7.11 Å². The molecule has 0 fully saturated rings. The van der Waals surface area contributed by atoms with Gasteiger partial charge in [0.2, 0.25) is 0 Å². The molecule has 2 aromatic rings. The molecule has 2 rings (SSSR count). The smallest absolute Gasteiger partial charge is 0.337 e. The first-order valence-electron chi connectivity index (χ1n) is 7.82. The van der Waals surface area contributed by atoms with Crippen LogP contribution in [0.15, 0.2) is 47.6 Å². The van der Waals surface area contributed by atoms with Crippen LogP contribution in [0.1, 0.15) is 34.8 Å². The van der Waals surface area contributed by atoms with Crippen molar-refractivity contribution in [3.8, 4) is 11.5 Å². The molecule has 0 atom stereocenters. The summed E-state index contributed by atoms with van der Waals surface area (Å²) in [7, 11) is 2.90. The Bertz CT molecular complexity index is 753. The van der Waals surface area contributed by atoms with Crippen molar-refractivity contribution in [2.75, 3.05) is 14.2 Å². The Morgan fingerprint density at radius 3 is 2.28 bits per heavy atom. The van der Waals surface area contributed by atoms with E-state index < -0.39 is 0 Å². The Hall–Kier alpha value is -3.02. The molecular weight excluding hydrogens is 322 g/mol. The number of methoxy groups -OCH3 is 2. The number of oxime groups is 1. The van der Waals surface area contributed by atoms with Gasteiger partial charge in [0.25, 0.3) is 0 Å². The fourth-order valence-electron chi connectivity index (χ4n) is 2.31. The van der Waals surface area contributed by atoms with Crippen molar-refractivity contribution in [1.82, 2.24) is 0 Å². The second kappa shape index (κ2) is 8.73. The first-order valence-corrected chi connectivity index (χ1v) is 7.82. The zero-order valence-corrected chi connectivity index (χ0v) is 14.5. The topological polar surface area (TPSA) is 77.4 Å². The highest BCUT2D eigenvalue weighted by atomic mass is 16.5. The largest absolute Gasteiger partial charge is 0.493 e. The van der Waals surface area contributed by atoms with E-state index >= 15 is 0 Å². The molecular formula is C19H21NO5. The Kier molecular flexibility index (Phi) is 6.39. The molecule has 0 aromatic heterocycles. The second-order valence-electron chi connectivity index (χ2n) is 5.24. The fourth-order valence-corrected chi connectivity index (χ4v) is 2.31. The molecule has 25 heavy (non-hydrogen) atoms. The molecule has 0 saturated carbocycles. The predicted octanol–water partition coefficient (Wildman–Crippen LogP) is 3.65. The first-order chi connectivity index (χ1) is 12.1. The summed E-state index contributed by atoms with van der Waals surface area (Å²) < 4.78 is 15.8. The monoisotopic (exact) mass is 343 g/mol. The number of esters is 1. The van der Waals surface area contributed by atoms with Crippen LogP contribution in [0.25, 0.3) is 0 Å². The van der Waals surface area contributed by atoms with E-state index in [4.69, 9.17) is 14.7 Å². The van der Waals surface area contributed by atoms with Crippen LogP contribution in [0, 0.1) is 0 Å². The lowest BCUT2D eigenvalue weighted by molar-refractivity contribution is 0.0600. The van der Waals surface area contributed by atoms with Crippen LogP contribution in [0.2, 0.25) is 0 Å². The lowest BCUT2D eigenvalue weighted by Crippen LogP contribution is -2.03. The molecule has 0 aliphatic heterocycles. The average molecular weight is 343 g/mol. The Morgan fingerprint density at radius 2 is 1.72 bits per heavy atom. The number of carbonyl (C=O) groups excluding carboxylic acids is 1. The van der Waals surface area contributed by atoms with Crippen LogP contribution in [0.5, 0.6) is 11.5 Å². The van der Waals surface area contributed by atoms with E-state index in [2.05, 4.69) is 9.89 Å². The maximum absolute atomic E-state index is 11.4. The molecule has 0 spiro atoms. The average Bonchev–Trinajstić information content (AvgIpc) is 2.67. The lowest BCUT2D eigenvalue weighted by atomic mass is 10.1. The highest BCUT2D eigenvalue weighted by molar-refractivity contribution is 6.00. The molecule has 0 bridgehead atoms. The van der Waals surface area contributed by atoms with E-state index in [0.29, 0.717) is 35.8 Å². The number of nitrogens with zero attached hydrogens (tertiary/aromatic N) is 1. The van der Waals surface area contributed by atoms with Crippen LogP contribution < -0.4 is 9.47 Å². The number of hydrogen-bond donors (Lipinski definition) is 1. The number of hydrogen-bond acceptors (Lipinski definition) is 6. The van der Waals surface area contributed by atoms with Gasteiger partial charge >= 0.3 is 5.97 Å². The zero-order valence-electron chi connectivity index (χ0n) is 14.5. The predicted molar refractivity (Wildman–Crippen MR) is 93.7 cm³/mol. The Labute approximate surface area is 146 Å². The van der Waals surface area contributed by atoms with Crippen molar-refractivity contribution < 1.29 is 24.2 Å². The van der Waals surface area contributed by atoms with Gasteiger partial charge in [-0.1, -0.05) is 24.2 Å². The molecule has 132 valence electrons. The first kappa shape index (κ1) is 18.3. The van der Waals surface area contributed by atoms with Gasteiger partial charge in [0, 0.05) is 5.56 Å². The van der Waals surface area contributed by atoms with Gasteiger partial charge in [0.15, 0.2) is 11.5 Å². The molecule has 0 amide bonds. The lowest BCUT2D eigenvalue weighted by Gasteiger charge is -2.12. The third kappa shape index (κ3) is 4.50. The minimum atomic E-state index is -0.373. The van der Waals surface area contributed by atoms with Crippen molar-refractivity contribution in [2.24, 2.45) is 5.16 Å². The van der Waals surface area contributed by atoms with Crippen molar-refractivity contribution in [3.63, 3.8) is 0 Å². The van der Waals surface area contributed by atoms with E-state index in [0.717, 1.165) is 11.1 Å². The summed E-state index contributed by atoms with van der Waals surface area (Å²) in [6.07, 6.45) is 0.604. The van der Waals surface area contributed by atoms with Gasteiger partial charge in [-0.05, 0) is 42.3 Å². The minimum Gasteiger partial charge on any atom is -0.493 e. The molecule has 6 heteroatoms. The van der Waals surface area contributed by atoms with Crippen LogP contribution in [-0.2, 0) is 11.3 Å². The highest BCUT2D eigenvalue weighted by Crippen LogP contribution is 2.29. The molecule has 0 unspecified atom stereocenters. The molecule has 6 nitrogen and oxygen atoms in total. The third-order valence-corrected chi connectivity index (χ3v) is 3.72. The van der Waals surface area contributed by atoms with Gasteiger partial charge in [-0.15, -0.1) is 0 Å². The number of ether oxygens (including phenoxy) is 3.